The van der Waals surface area contributed by atoms with Gasteiger partial charge in [0.15, 0.2) is 0 Å². The van der Waals surface area contributed by atoms with Gasteiger partial charge in [0.1, 0.15) is 16.9 Å². The molecule has 0 fully saturated rings. The Hall–Kier alpha value is -1.51. The molecule has 0 amide bonds. The predicted octanol–water partition coefficient (Wildman–Crippen LogP) is 2.89. The fourth-order valence-corrected chi connectivity index (χ4v) is 2.23. The second-order valence-electron chi connectivity index (χ2n) is 5.06. The summed E-state index contributed by atoms with van der Waals surface area (Å²) >= 11 is 0. The second-order valence-corrected chi connectivity index (χ2v) is 5.06. The molecule has 0 aliphatic carbocycles. The van der Waals surface area contributed by atoms with E-state index in [-0.39, 0.29) is 11.6 Å². The van der Waals surface area contributed by atoms with Crippen LogP contribution < -0.4 is 4.74 Å². The van der Waals surface area contributed by atoms with E-state index < -0.39 is 0 Å². The number of carbonyl (C=O) groups excluding carboxylic acids is 1. The summed E-state index contributed by atoms with van der Waals surface area (Å²) in [6.45, 7) is 8.21. The van der Waals surface area contributed by atoms with Crippen LogP contribution in [0, 0.1) is 6.92 Å². The molecule has 3 heteroatoms. The molecule has 1 aliphatic heterocycles. The standard InChI is InChI=1S/C14H18O3/c1-5-16-13(15)11-7-9(2)6-10-8-14(3,4)17-12(10)11/h6-7H,5,8H2,1-4H3. The van der Waals surface area contributed by atoms with E-state index in [0.29, 0.717) is 17.9 Å². The summed E-state index contributed by atoms with van der Waals surface area (Å²) in [5.41, 5.74) is 2.47. The largest absolute Gasteiger partial charge is 0.486 e. The highest BCUT2D eigenvalue weighted by molar-refractivity contribution is 5.93. The SMILES string of the molecule is CCOC(=O)c1cc(C)cc2c1OC(C)(C)C2. The summed E-state index contributed by atoms with van der Waals surface area (Å²) in [4.78, 5) is 11.9. The third kappa shape index (κ3) is 2.28. The van der Waals surface area contributed by atoms with E-state index in [4.69, 9.17) is 9.47 Å². The fourth-order valence-electron chi connectivity index (χ4n) is 2.23. The molecule has 0 atom stereocenters. The van der Waals surface area contributed by atoms with Crippen molar-refractivity contribution >= 4 is 5.97 Å². The van der Waals surface area contributed by atoms with Gasteiger partial charge in [-0.15, -0.1) is 0 Å². The van der Waals surface area contributed by atoms with Crippen molar-refractivity contribution in [2.45, 2.75) is 39.7 Å². The van der Waals surface area contributed by atoms with E-state index in [2.05, 4.69) is 6.07 Å². The average Bonchev–Trinajstić information content (AvgIpc) is 2.51. The number of esters is 1. The average molecular weight is 234 g/mol. The summed E-state index contributed by atoms with van der Waals surface area (Å²) in [6.07, 6.45) is 0.830. The van der Waals surface area contributed by atoms with Gasteiger partial charge in [-0.25, -0.2) is 4.79 Å². The van der Waals surface area contributed by atoms with E-state index in [9.17, 15) is 4.79 Å². The van der Waals surface area contributed by atoms with Crippen LogP contribution in [0.4, 0.5) is 0 Å². The minimum atomic E-state index is -0.301. The Balaban J connectivity index is 2.45. The number of hydrogen-bond acceptors (Lipinski definition) is 3. The third-order valence-corrected chi connectivity index (χ3v) is 2.80. The lowest BCUT2D eigenvalue weighted by Gasteiger charge is -2.17. The molecule has 1 aliphatic rings. The van der Waals surface area contributed by atoms with Gasteiger partial charge in [-0.3, -0.25) is 0 Å². The number of rotatable bonds is 2. The van der Waals surface area contributed by atoms with Gasteiger partial charge in [-0.05, 0) is 44.9 Å². The highest BCUT2D eigenvalue weighted by Gasteiger charge is 2.33. The molecule has 0 aromatic heterocycles. The maximum atomic E-state index is 11.9. The number of ether oxygens (including phenoxy) is 2. The molecule has 0 saturated carbocycles. The van der Waals surface area contributed by atoms with Crippen molar-refractivity contribution in [2.75, 3.05) is 6.61 Å². The molecular weight excluding hydrogens is 216 g/mol. The molecule has 1 aromatic carbocycles. The Kier molecular flexibility index (Phi) is 2.86. The molecule has 3 nitrogen and oxygen atoms in total. The van der Waals surface area contributed by atoms with Crippen molar-refractivity contribution in [1.82, 2.24) is 0 Å². The minimum Gasteiger partial charge on any atom is -0.486 e. The van der Waals surface area contributed by atoms with Gasteiger partial charge in [0.05, 0.1) is 6.61 Å². The smallest absolute Gasteiger partial charge is 0.341 e. The van der Waals surface area contributed by atoms with Crippen LogP contribution >= 0.6 is 0 Å². The van der Waals surface area contributed by atoms with E-state index in [1.54, 1.807) is 6.92 Å². The van der Waals surface area contributed by atoms with Gasteiger partial charge in [0.25, 0.3) is 0 Å². The van der Waals surface area contributed by atoms with Gasteiger partial charge in [0.2, 0.25) is 0 Å². The van der Waals surface area contributed by atoms with E-state index >= 15 is 0 Å². The van der Waals surface area contributed by atoms with Crippen LogP contribution in [0.5, 0.6) is 5.75 Å². The zero-order valence-corrected chi connectivity index (χ0v) is 10.8. The molecule has 0 radical (unpaired) electrons. The number of fused-ring (bicyclic) bond motifs is 1. The Morgan fingerprint density at radius 1 is 1.47 bits per heavy atom. The Bertz CT molecular complexity index is 461. The molecule has 0 bridgehead atoms. The van der Waals surface area contributed by atoms with Crippen LogP contribution in [-0.2, 0) is 11.2 Å². The molecule has 0 spiro atoms. The summed E-state index contributed by atoms with van der Waals surface area (Å²) in [6, 6.07) is 3.91. The monoisotopic (exact) mass is 234 g/mol. The first-order valence-corrected chi connectivity index (χ1v) is 5.92. The van der Waals surface area contributed by atoms with Crippen LogP contribution in [-0.4, -0.2) is 18.2 Å². The van der Waals surface area contributed by atoms with Crippen LogP contribution in [0.2, 0.25) is 0 Å². The van der Waals surface area contributed by atoms with Crippen molar-refractivity contribution in [3.63, 3.8) is 0 Å². The van der Waals surface area contributed by atoms with Gasteiger partial charge in [-0.2, -0.15) is 0 Å². The lowest BCUT2D eigenvalue weighted by Crippen LogP contribution is -2.25. The highest BCUT2D eigenvalue weighted by Crippen LogP contribution is 2.38. The van der Waals surface area contributed by atoms with Gasteiger partial charge >= 0.3 is 5.97 Å². The maximum absolute atomic E-state index is 11.9. The molecule has 1 heterocycles. The van der Waals surface area contributed by atoms with Gasteiger partial charge < -0.3 is 9.47 Å². The molecule has 1 aromatic rings. The lowest BCUT2D eigenvalue weighted by molar-refractivity contribution is 0.0516. The molecule has 0 unspecified atom stereocenters. The Labute approximate surface area is 102 Å². The van der Waals surface area contributed by atoms with Crippen LogP contribution in [0.3, 0.4) is 0 Å². The number of hydrogen-bond donors (Lipinski definition) is 0. The normalized spacial score (nSPS) is 16.2. The minimum absolute atomic E-state index is 0.239. The zero-order chi connectivity index (χ0) is 12.6. The van der Waals surface area contributed by atoms with Crippen molar-refractivity contribution < 1.29 is 14.3 Å². The fraction of sp³-hybridized carbons (Fsp3) is 0.500. The van der Waals surface area contributed by atoms with Crippen molar-refractivity contribution in [3.05, 3.63) is 28.8 Å². The van der Waals surface area contributed by atoms with Gasteiger partial charge in [0, 0.05) is 6.42 Å². The van der Waals surface area contributed by atoms with E-state index in [1.165, 1.54) is 0 Å². The van der Waals surface area contributed by atoms with Crippen LogP contribution in [0.25, 0.3) is 0 Å². The predicted molar refractivity (Wildman–Crippen MR) is 65.5 cm³/mol. The quantitative estimate of drug-likeness (QED) is 0.738. The number of carbonyl (C=O) groups is 1. The number of aryl methyl sites for hydroxylation is 1. The number of benzene rings is 1. The zero-order valence-electron chi connectivity index (χ0n) is 10.8. The first-order valence-electron chi connectivity index (χ1n) is 5.92. The van der Waals surface area contributed by atoms with E-state index in [1.807, 2.05) is 26.8 Å². The first kappa shape index (κ1) is 12.0. The van der Waals surface area contributed by atoms with Crippen LogP contribution in [0.1, 0.15) is 42.3 Å². The van der Waals surface area contributed by atoms with Crippen molar-refractivity contribution in [3.8, 4) is 5.75 Å². The third-order valence-electron chi connectivity index (χ3n) is 2.80. The van der Waals surface area contributed by atoms with Gasteiger partial charge in [-0.1, -0.05) is 6.07 Å². The second kappa shape index (κ2) is 4.06. The topological polar surface area (TPSA) is 35.5 Å². The molecule has 2 rings (SSSR count). The summed E-state index contributed by atoms with van der Waals surface area (Å²) in [7, 11) is 0. The van der Waals surface area contributed by atoms with Crippen LogP contribution in [0.15, 0.2) is 12.1 Å². The summed E-state index contributed by atoms with van der Waals surface area (Å²) in [5.74, 6) is 0.393. The molecule has 0 saturated heterocycles. The first-order chi connectivity index (χ1) is 7.93. The Morgan fingerprint density at radius 3 is 2.82 bits per heavy atom. The van der Waals surface area contributed by atoms with E-state index in [0.717, 1.165) is 17.5 Å². The Morgan fingerprint density at radius 2 is 2.18 bits per heavy atom. The highest BCUT2D eigenvalue weighted by atomic mass is 16.5. The summed E-state index contributed by atoms with van der Waals surface area (Å²) in [5, 5.41) is 0. The maximum Gasteiger partial charge on any atom is 0.341 e. The lowest BCUT2D eigenvalue weighted by atomic mass is 9.98. The molecule has 17 heavy (non-hydrogen) atoms. The van der Waals surface area contributed by atoms with Crippen molar-refractivity contribution in [1.29, 1.82) is 0 Å². The van der Waals surface area contributed by atoms with Crippen molar-refractivity contribution in [2.24, 2.45) is 0 Å². The molecule has 92 valence electrons. The summed E-state index contributed by atoms with van der Waals surface area (Å²) < 4.78 is 10.9. The molecular formula is C14H18O3. The molecule has 0 N–H and O–H groups in total.